The molecule has 0 radical (unpaired) electrons. The van der Waals surface area contributed by atoms with Crippen molar-refractivity contribution in [1.82, 2.24) is 10.0 Å². The van der Waals surface area contributed by atoms with E-state index in [1.165, 1.54) is 38.1 Å². The van der Waals surface area contributed by atoms with Crippen molar-refractivity contribution in [3.8, 4) is 0 Å². The quantitative estimate of drug-likeness (QED) is 0.338. The summed E-state index contributed by atoms with van der Waals surface area (Å²) in [7, 11) is -4.03. The number of rotatable bonds is 10. The number of para-hydroxylation sites is 1. The summed E-state index contributed by atoms with van der Waals surface area (Å²) in [5, 5.41) is 5.08. The number of anilines is 1. The summed E-state index contributed by atoms with van der Waals surface area (Å²) < 4.78 is 31.6. The molecule has 1 unspecified atom stereocenters. The molecule has 3 N–H and O–H groups in total. The minimum absolute atomic E-state index is 0.133. The molecule has 10 nitrogen and oxygen atoms in total. The van der Waals surface area contributed by atoms with E-state index in [0.29, 0.717) is 11.3 Å². The summed E-state index contributed by atoms with van der Waals surface area (Å²) in [6.07, 6.45) is -1.25. The number of Topliss-reactive ketones (excluding diaryl/α,β-unsaturated/α-hetero) is 1. The van der Waals surface area contributed by atoms with Crippen LogP contribution in [0.5, 0.6) is 0 Å². The Hall–Kier alpha value is -3.57. The standard InChI is InChI=1S/C23H27N3O7S/c1-14-6-5-7-15(2)22(14)26-20(28)12-24-23(30)17(4)33-21(29)13-25-34(31,32)19-10-8-18(9-11-19)16(3)27/h5-11,17,25H,12-13H2,1-4H3,(H,24,30)(H,26,28). The van der Waals surface area contributed by atoms with Gasteiger partial charge < -0.3 is 15.4 Å². The van der Waals surface area contributed by atoms with Gasteiger partial charge >= 0.3 is 5.97 Å². The first-order chi connectivity index (χ1) is 15.9. The molecule has 2 aromatic rings. The van der Waals surface area contributed by atoms with E-state index in [4.69, 9.17) is 4.74 Å². The van der Waals surface area contributed by atoms with Gasteiger partial charge in [-0.25, -0.2) is 8.42 Å². The molecule has 182 valence electrons. The largest absolute Gasteiger partial charge is 0.452 e. The van der Waals surface area contributed by atoms with E-state index in [1.807, 2.05) is 32.0 Å². The molecular formula is C23H27N3O7S. The lowest BCUT2D eigenvalue weighted by Crippen LogP contribution is -2.41. The van der Waals surface area contributed by atoms with Gasteiger partial charge in [-0.1, -0.05) is 30.3 Å². The number of esters is 1. The van der Waals surface area contributed by atoms with E-state index in [0.717, 1.165) is 11.1 Å². The number of hydrogen-bond donors (Lipinski definition) is 3. The van der Waals surface area contributed by atoms with Gasteiger partial charge in [-0.2, -0.15) is 4.72 Å². The zero-order valence-electron chi connectivity index (χ0n) is 19.3. The van der Waals surface area contributed by atoms with Gasteiger partial charge in [0, 0.05) is 11.3 Å². The molecule has 0 saturated heterocycles. The fourth-order valence-electron chi connectivity index (χ4n) is 2.90. The SMILES string of the molecule is CC(=O)c1ccc(S(=O)(=O)NCC(=O)OC(C)C(=O)NCC(=O)Nc2c(C)cccc2C)cc1. The third-order valence-corrected chi connectivity index (χ3v) is 6.24. The highest BCUT2D eigenvalue weighted by Gasteiger charge is 2.21. The molecule has 1 atom stereocenters. The molecular weight excluding hydrogens is 462 g/mol. The molecule has 0 heterocycles. The van der Waals surface area contributed by atoms with Gasteiger partial charge in [0.05, 0.1) is 11.4 Å². The van der Waals surface area contributed by atoms with E-state index in [2.05, 4.69) is 15.4 Å². The van der Waals surface area contributed by atoms with Gasteiger partial charge in [-0.05, 0) is 51.0 Å². The lowest BCUT2D eigenvalue weighted by molar-refractivity contribution is -0.153. The number of sulfonamides is 1. The van der Waals surface area contributed by atoms with Crippen LogP contribution in [0.2, 0.25) is 0 Å². The van der Waals surface area contributed by atoms with Crippen molar-refractivity contribution < 1.29 is 32.3 Å². The molecule has 0 aliphatic rings. The minimum Gasteiger partial charge on any atom is -0.452 e. The Morgan fingerprint density at radius 1 is 0.941 bits per heavy atom. The topological polar surface area (TPSA) is 148 Å². The second-order valence-electron chi connectivity index (χ2n) is 7.57. The van der Waals surface area contributed by atoms with Crippen molar-refractivity contribution in [1.29, 1.82) is 0 Å². The third kappa shape index (κ3) is 7.49. The van der Waals surface area contributed by atoms with Crippen LogP contribution in [0, 0.1) is 13.8 Å². The highest BCUT2D eigenvalue weighted by Crippen LogP contribution is 2.19. The molecule has 0 spiro atoms. The number of carbonyl (C=O) groups excluding carboxylic acids is 4. The molecule has 0 bridgehead atoms. The highest BCUT2D eigenvalue weighted by molar-refractivity contribution is 7.89. The Morgan fingerprint density at radius 3 is 2.09 bits per heavy atom. The molecule has 0 aliphatic carbocycles. The number of aryl methyl sites for hydroxylation is 2. The van der Waals surface area contributed by atoms with Crippen LogP contribution in [-0.2, 0) is 29.1 Å². The molecule has 2 aromatic carbocycles. The second-order valence-corrected chi connectivity index (χ2v) is 9.34. The van der Waals surface area contributed by atoms with Gasteiger partial charge in [0.2, 0.25) is 15.9 Å². The lowest BCUT2D eigenvalue weighted by atomic mass is 10.1. The third-order valence-electron chi connectivity index (χ3n) is 4.82. The van der Waals surface area contributed by atoms with E-state index in [9.17, 15) is 27.6 Å². The molecule has 0 aromatic heterocycles. The molecule has 2 rings (SSSR count). The number of carbonyl (C=O) groups is 4. The predicted octanol–water partition coefficient (Wildman–Crippen LogP) is 1.47. The van der Waals surface area contributed by atoms with Gasteiger partial charge in [-0.3, -0.25) is 19.2 Å². The van der Waals surface area contributed by atoms with Crippen LogP contribution in [0.3, 0.4) is 0 Å². The van der Waals surface area contributed by atoms with Crippen LogP contribution in [0.15, 0.2) is 47.4 Å². The summed E-state index contributed by atoms with van der Waals surface area (Å²) >= 11 is 0. The fourth-order valence-corrected chi connectivity index (χ4v) is 3.87. The van der Waals surface area contributed by atoms with Crippen LogP contribution in [-0.4, -0.2) is 51.2 Å². The highest BCUT2D eigenvalue weighted by atomic mass is 32.2. The Bertz CT molecular complexity index is 1170. The van der Waals surface area contributed by atoms with Gasteiger partial charge in [0.25, 0.3) is 5.91 Å². The predicted molar refractivity (Wildman–Crippen MR) is 125 cm³/mol. The Balaban J connectivity index is 1.81. The van der Waals surface area contributed by atoms with E-state index >= 15 is 0 Å². The molecule has 2 amide bonds. The Labute approximate surface area is 198 Å². The maximum absolute atomic E-state index is 12.3. The number of hydrogen-bond acceptors (Lipinski definition) is 7. The molecule has 0 saturated carbocycles. The van der Waals surface area contributed by atoms with Crippen molar-refractivity contribution in [3.05, 3.63) is 59.2 Å². The number of ketones is 1. The van der Waals surface area contributed by atoms with Crippen LogP contribution in [0.25, 0.3) is 0 Å². The lowest BCUT2D eigenvalue weighted by Gasteiger charge is -2.15. The number of benzene rings is 2. The summed E-state index contributed by atoms with van der Waals surface area (Å²) in [5.74, 6) is -2.36. The average molecular weight is 490 g/mol. The second kappa shape index (κ2) is 11.5. The Kier molecular flexibility index (Phi) is 9.04. The maximum Gasteiger partial charge on any atom is 0.321 e. The zero-order chi connectivity index (χ0) is 25.5. The van der Waals surface area contributed by atoms with Crippen LogP contribution >= 0.6 is 0 Å². The molecule has 11 heteroatoms. The number of nitrogens with one attached hydrogen (secondary N) is 3. The smallest absolute Gasteiger partial charge is 0.321 e. The first-order valence-corrected chi connectivity index (χ1v) is 11.8. The van der Waals surface area contributed by atoms with Gasteiger partial charge in [0.15, 0.2) is 11.9 Å². The summed E-state index contributed by atoms with van der Waals surface area (Å²) in [4.78, 5) is 47.4. The van der Waals surface area contributed by atoms with Gasteiger partial charge in [-0.15, -0.1) is 0 Å². The number of ether oxygens (including phenoxy) is 1. The maximum atomic E-state index is 12.3. The van der Waals surface area contributed by atoms with Gasteiger partial charge in [0.1, 0.15) is 6.54 Å². The van der Waals surface area contributed by atoms with Crippen molar-refractivity contribution in [2.24, 2.45) is 0 Å². The van der Waals surface area contributed by atoms with Crippen molar-refractivity contribution in [3.63, 3.8) is 0 Å². The van der Waals surface area contributed by atoms with Crippen LogP contribution < -0.4 is 15.4 Å². The number of amides is 2. The van der Waals surface area contributed by atoms with E-state index in [1.54, 1.807) is 0 Å². The minimum atomic E-state index is -4.03. The normalized spacial score (nSPS) is 11.9. The van der Waals surface area contributed by atoms with Crippen molar-refractivity contribution in [2.45, 2.75) is 38.7 Å². The molecule has 0 fully saturated rings. The van der Waals surface area contributed by atoms with E-state index < -0.39 is 40.5 Å². The van der Waals surface area contributed by atoms with Crippen LogP contribution in [0.1, 0.15) is 35.3 Å². The summed E-state index contributed by atoms with van der Waals surface area (Å²) in [6.45, 7) is 5.30. The summed E-state index contributed by atoms with van der Waals surface area (Å²) in [5.41, 5.74) is 2.75. The van der Waals surface area contributed by atoms with Crippen molar-refractivity contribution >= 4 is 39.3 Å². The van der Waals surface area contributed by atoms with Crippen molar-refractivity contribution in [2.75, 3.05) is 18.4 Å². The zero-order valence-corrected chi connectivity index (χ0v) is 20.1. The van der Waals surface area contributed by atoms with Crippen LogP contribution in [0.4, 0.5) is 5.69 Å². The first kappa shape index (κ1) is 26.7. The van der Waals surface area contributed by atoms with E-state index in [-0.39, 0.29) is 17.2 Å². The average Bonchev–Trinajstić information content (AvgIpc) is 2.78. The first-order valence-electron chi connectivity index (χ1n) is 10.3. The fraction of sp³-hybridized carbons (Fsp3) is 0.304. The Morgan fingerprint density at radius 2 is 1.53 bits per heavy atom. The molecule has 0 aliphatic heterocycles. The molecule has 34 heavy (non-hydrogen) atoms. The summed E-state index contributed by atoms with van der Waals surface area (Å²) in [6, 6.07) is 10.8. The monoisotopic (exact) mass is 489 g/mol.